The summed E-state index contributed by atoms with van der Waals surface area (Å²) in [5, 5.41) is 8.44. The summed E-state index contributed by atoms with van der Waals surface area (Å²) in [6.07, 6.45) is 0.862. The second kappa shape index (κ2) is 3.53. The van der Waals surface area contributed by atoms with Gasteiger partial charge in [-0.25, -0.2) is 0 Å². The summed E-state index contributed by atoms with van der Waals surface area (Å²) in [7, 11) is 0. The molecule has 1 aliphatic heterocycles. The lowest BCUT2D eigenvalue weighted by Gasteiger charge is -2.11. The minimum atomic E-state index is -1.06. The lowest BCUT2D eigenvalue weighted by Crippen LogP contribution is -2.33. The van der Waals surface area contributed by atoms with Crippen molar-refractivity contribution in [1.29, 1.82) is 0 Å². The van der Waals surface area contributed by atoms with Gasteiger partial charge in [0.25, 0.3) is 0 Å². The fourth-order valence-electron chi connectivity index (χ4n) is 1.13. The molecular weight excluding hydrogens is 162 g/mol. The smallest absolute Gasteiger partial charge is 0.320 e. The highest BCUT2D eigenvalue weighted by atomic mass is 16.5. The van der Waals surface area contributed by atoms with Crippen LogP contribution in [-0.2, 0) is 14.3 Å². The number of cyclic esters (lactones) is 1. The second-order valence-electron chi connectivity index (χ2n) is 2.83. The van der Waals surface area contributed by atoms with Crippen LogP contribution in [0.2, 0.25) is 0 Å². The lowest BCUT2D eigenvalue weighted by atomic mass is 10.1. The minimum absolute atomic E-state index is 0.209. The molecule has 1 fully saturated rings. The van der Waals surface area contributed by atoms with E-state index < -0.39 is 12.0 Å². The van der Waals surface area contributed by atoms with E-state index in [0.29, 0.717) is 12.8 Å². The molecule has 0 bridgehead atoms. The molecule has 0 aromatic heterocycles. The van der Waals surface area contributed by atoms with Crippen LogP contribution in [0.25, 0.3) is 0 Å². The number of carboxylic acids is 1. The second-order valence-corrected chi connectivity index (χ2v) is 2.83. The number of nitrogens with two attached hydrogens (primary N) is 1. The number of carbonyl (C=O) groups excluding carboxylic acids is 1. The largest absolute Gasteiger partial charge is 0.480 e. The van der Waals surface area contributed by atoms with Crippen LogP contribution in [0.3, 0.4) is 0 Å². The van der Waals surface area contributed by atoms with Gasteiger partial charge in [0.1, 0.15) is 12.1 Å². The molecule has 2 unspecified atom stereocenters. The van der Waals surface area contributed by atoms with Crippen molar-refractivity contribution in [3.63, 3.8) is 0 Å². The van der Waals surface area contributed by atoms with Crippen LogP contribution in [0.5, 0.6) is 0 Å². The van der Waals surface area contributed by atoms with Gasteiger partial charge < -0.3 is 15.6 Å². The van der Waals surface area contributed by atoms with Gasteiger partial charge in [-0.15, -0.1) is 0 Å². The Hall–Kier alpha value is -1.10. The van der Waals surface area contributed by atoms with Gasteiger partial charge in [-0.1, -0.05) is 0 Å². The fourth-order valence-corrected chi connectivity index (χ4v) is 1.13. The number of hydrogen-bond acceptors (Lipinski definition) is 4. The van der Waals surface area contributed by atoms with Crippen molar-refractivity contribution in [3.05, 3.63) is 0 Å². The average molecular weight is 173 g/mol. The summed E-state index contributed by atoms with van der Waals surface area (Å²) in [6, 6.07) is -0.930. The van der Waals surface area contributed by atoms with E-state index in [1.54, 1.807) is 0 Å². The van der Waals surface area contributed by atoms with Gasteiger partial charge in [0.2, 0.25) is 0 Å². The Morgan fingerprint density at radius 1 is 1.83 bits per heavy atom. The number of ether oxygens (including phenoxy) is 1. The maximum Gasteiger partial charge on any atom is 0.320 e. The van der Waals surface area contributed by atoms with Crippen molar-refractivity contribution in [3.8, 4) is 0 Å². The summed E-state index contributed by atoms with van der Waals surface area (Å²) < 4.78 is 4.80. The monoisotopic (exact) mass is 173 g/mol. The van der Waals surface area contributed by atoms with Crippen LogP contribution in [0.4, 0.5) is 0 Å². The maximum absolute atomic E-state index is 10.6. The molecule has 1 rings (SSSR count). The highest BCUT2D eigenvalue weighted by Crippen LogP contribution is 2.17. The van der Waals surface area contributed by atoms with Crippen LogP contribution in [0.1, 0.15) is 19.3 Å². The summed E-state index contributed by atoms with van der Waals surface area (Å²) in [5.41, 5.74) is 5.25. The third-order valence-corrected chi connectivity index (χ3v) is 1.80. The van der Waals surface area contributed by atoms with E-state index in [1.807, 2.05) is 0 Å². The molecule has 0 aromatic rings. The first-order valence-electron chi connectivity index (χ1n) is 3.77. The van der Waals surface area contributed by atoms with Gasteiger partial charge in [-0.3, -0.25) is 9.59 Å². The van der Waals surface area contributed by atoms with Crippen molar-refractivity contribution in [2.24, 2.45) is 5.73 Å². The van der Waals surface area contributed by atoms with E-state index in [2.05, 4.69) is 0 Å². The molecule has 2 atom stereocenters. The van der Waals surface area contributed by atoms with Gasteiger partial charge in [0, 0.05) is 12.8 Å². The molecule has 0 aromatic carbocycles. The first-order valence-corrected chi connectivity index (χ1v) is 3.77. The van der Waals surface area contributed by atoms with E-state index in [4.69, 9.17) is 15.6 Å². The molecule has 5 heteroatoms. The van der Waals surface area contributed by atoms with Gasteiger partial charge in [0.05, 0.1) is 0 Å². The van der Waals surface area contributed by atoms with Crippen LogP contribution >= 0.6 is 0 Å². The van der Waals surface area contributed by atoms with Crippen molar-refractivity contribution < 1.29 is 19.4 Å². The quantitative estimate of drug-likeness (QED) is 0.561. The summed E-state index contributed by atoms with van der Waals surface area (Å²) in [6.45, 7) is 0. The van der Waals surface area contributed by atoms with Crippen molar-refractivity contribution in [2.75, 3.05) is 0 Å². The fraction of sp³-hybridized carbons (Fsp3) is 0.714. The van der Waals surface area contributed by atoms with Crippen LogP contribution in [-0.4, -0.2) is 29.2 Å². The van der Waals surface area contributed by atoms with E-state index in [0.717, 1.165) is 0 Å². The van der Waals surface area contributed by atoms with E-state index >= 15 is 0 Å². The van der Waals surface area contributed by atoms with Gasteiger partial charge in [0.15, 0.2) is 0 Å². The molecule has 3 N–H and O–H groups in total. The summed E-state index contributed by atoms with van der Waals surface area (Å²) in [5.74, 6) is -1.32. The highest BCUT2D eigenvalue weighted by Gasteiger charge is 2.27. The molecule has 1 saturated heterocycles. The summed E-state index contributed by atoms with van der Waals surface area (Å²) >= 11 is 0. The molecule has 1 aliphatic rings. The van der Waals surface area contributed by atoms with E-state index in [1.165, 1.54) is 0 Å². The lowest BCUT2D eigenvalue weighted by molar-refractivity contribution is -0.145. The first-order chi connectivity index (χ1) is 5.59. The molecule has 68 valence electrons. The normalized spacial score (nSPS) is 25.1. The van der Waals surface area contributed by atoms with Crippen molar-refractivity contribution in [2.45, 2.75) is 31.4 Å². The Morgan fingerprint density at radius 2 is 2.50 bits per heavy atom. The van der Waals surface area contributed by atoms with E-state index in [-0.39, 0.29) is 18.5 Å². The highest BCUT2D eigenvalue weighted by molar-refractivity contribution is 5.74. The summed E-state index contributed by atoms with van der Waals surface area (Å²) in [4.78, 5) is 20.9. The number of rotatable bonds is 3. The topological polar surface area (TPSA) is 89.6 Å². The number of esters is 1. The molecular formula is C7H11NO4. The van der Waals surface area contributed by atoms with Gasteiger partial charge >= 0.3 is 11.9 Å². The SMILES string of the molecule is NC(CC1CCC(=O)O1)C(=O)O. The molecule has 0 saturated carbocycles. The molecule has 1 heterocycles. The molecule has 0 amide bonds. The van der Waals surface area contributed by atoms with Crippen molar-refractivity contribution in [1.82, 2.24) is 0 Å². The predicted octanol–water partition coefficient (Wildman–Crippen LogP) is -0.506. The number of carbonyl (C=O) groups is 2. The van der Waals surface area contributed by atoms with Crippen LogP contribution in [0, 0.1) is 0 Å². The molecule has 5 nitrogen and oxygen atoms in total. The molecule has 12 heavy (non-hydrogen) atoms. The van der Waals surface area contributed by atoms with Crippen LogP contribution in [0.15, 0.2) is 0 Å². The number of carboxylic acid groups (broad SMARTS) is 1. The Morgan fingerprint density at radius 3 is 2.92 bits per heavy atom. The van der Waals surface area contributed by atoms with Crippen molar-refractivity contribution >= 4 is 11.9 Å². The standard InChI is InChI=1S/C7H11NO4/c8-5(7(10)11)3-4-1-2-6(9)12-4/h4-5H,1-3,8H2,(H,10,11). The van der Waals surface area contributed by atoms with Gasteiger partial charge in [-0.05, 0) is 6.42 Å². The average Bonchev–Trinajstić information content (AvgIpc) is 2.35. The zero-order chi connectivity index (χ0) is 9.14. The van der Waals surface area contributed by atoms with E-state index in [9.17, 15) is 9.59 Å². The molecule has 0 spiro atoms. The number of hydrogen-bond donors (Lipinski definition) is 2. The third-order valence-electron chi connectivity index (χ3n) is 1.80. The Labute approximate surface area is 69.5 Å². The molecule has 0 radical (unpaired) electrons. The minimum Gasteiger partial charge on any atom is -0.480 e. The third kappa shape index (κ3) is 2.20. The molecule has 0 aliphatic carbocycles. The van der Waals surface area contributed by atoms with Crippen LogP contribution < -0.4 is 5.73 Å². The predicted molar refractivity (Wildman–Crippen MR) is 39.3 cm³/mol. The zero-order valence-electron chi connectivity index (χ0n) is 6.53. The Bertz CT molecular complexity index is 204. The first kappa shape index (κ1) is 8.99. The Balaban J connectivity index is 2.32. The Kier molecular flexibility index (Phi) is 2.65. The number of aliphatic carboxylic acids is 1. The van der Waals surface area contributed by atoms with Gasteiger partial charge in [-0.2, -0.15) is 0 Å². The zero-order valence-corrected chi connectivity index (χ0v) is 6.53. The maximum atomic E-state index is 10.6.